The first kappa shape index (κ1) is 31.5. The van der Waals surface area contributed by atoms with Gasteiger partial charge in [-0.15, -0.1) is 0 Å². The minimum Gasteiger partial charge on any atom is -0.465 e. The van der Waals surface area contributed by atoms with E-state index in [-0.39, 0.29) is 11.9 Å². The molecule has 0 aromatic carbocycles. The molecule has 192 valence electrons. The van der Waals surface area contributed by atoms with Crippen molar-refractivity contribution in [2.75, 3.05) is 6.61 Å². The normalized spacial score (nSPS) is 13.2. The molecule has 0 rings (SSSR count). The van der Waals surface area contributed by atoms with Gasteiger partial charge in [0.05, 0.1) is 12.5 Å². The van der Waals surface area contributed by atoms with Crippen LogP contribution >= 0.6 is 0 Å². The van der Waals surface area contributed by atoms with E-state index in [4.69, 9.17) is 4.74 Å². The van der Waals surface area contributed by atoms with Crippen molar-refractivity contribution in [1.82, 2.24) is 0 Å². The third kappa shape index (κ3) is 21.3. The summed E-state index contributed by atoms with van der Waals surface area (Å²) in [7, 11) is 0. The fourth-order valence-corrected chi connectivity index (χ4v) is 4.59. The van der Waals surface area contributed by atoms with E-state index in [1.165, 1.54) is 128 Å². The van der Waals surface area contributed by atoms with Crippen molar-refractivity contribution < 1.29 is 9.53 Å². The zero-order chi connectivity index (χ0) is 23.7. The van der Waals surface area contributed by atoms with Gasteiger partial charge in [0, 0.05) is 0 Å². The van der Waals surface area contributed by atoms with Gasteiger partial charge < -0.3 is 4.74 Å². The first-order valence-electron chi connectivity index (χ1n) is 14.8. The highest BCUT2D eigenvalue weighted by Crippen LogP contribution is 2.20. The number of hydrogen-bond donors (Lipinski definition) is 0. The summed E-state index contributed by atoms with van der Waals surface area (Å²) in [6.45, 7) is 9.49. The SMILES string of the molecule is CCCCCCCCCCCCCCC(CCCC)COC(=O)C(C)CCCCCCC. The highest BCUT2D eigenvalue weighted by atomic mass is 16.5. The van der Waals surface area contributed by atoms with Crippen molar-refractivity contribution in [3.05, 3.63) is 0 Å². The van der Waals surface area contributed by atoms with Crippen LogP contribution in [0.3, 0.4) is 0 Å². The van der Waals surface area contributed by atoms with E-state index < -0.39 is 0 Å². The van der Waals surface area contributed by atoms with Gasteiger partial charge in [0.15, 0.2) is 0 Å². The molecule has 2 nitrogen and oxygen atoms in total. The average molecular weight is 453 g/mol. The molecule has 2 atom stereocenters. The summed E-state index contributed by atoms with van der Waals surface area (Å²) >= 11 is 0. The molecule has 0 saturated carbocycles. The molecule has 0 aliphatic rings. The van der Waals surface area contributed by atoms with Crippen molar-refractivity contribution in [2.24, 2.45) is 11.8 Å². The van der Waals surface area contributed by atoms with Crippen LogP contribution in [0.2, 0.25) is 0 Å². The second kappa shape index (κ2) is 25.1. The Balaban J connectivity index is 3.80. The smallest absolute Gasteiger partial charge is 0.308 e. The van der Waals surface area contributed by atoms with Crippen LogP contribution in [0.25, 0.3) is 0 Å². The molecule has 32 heavy (non-hydrogen) atoms. The first-order chi connectivity index (χ1) is 15.7. The maximum absolute atomic E-state index is 12.4. The monoisotopic (exact) mass is 452 g/mol. The lowest BCUT2D eigenvalue weighted by Gasteiger charge is -2.18. The van der Waals surface area contributed by atoms with Gasteiger partial charge >= 0.3 is 5.97 Å². The number of hydrogen-bond acceptors (Lipinski definition) is 2. The van der Waals surface area contributed by atoms with Gasteiger partial charge in [0.1, 0.15) is 0 Å². The molecule has 2 unspecified atom stereocenters. The van der Waals surface area contributed by atoms with E-state index in [9.17, 15) is 4.79 Å². The van der Waals surface area contributed by atoms with Crippen LogP contribution < -0.4 is 0 Å². The van der Waals surface area contributed by atoms with Crippen LogP contribution in [0.4, 0.5) is 0 Å². The van der Waals surface area contributed by atoms with E-state index in [1.54, 1.807) is 0 Å². The Morgan fingerprint density at radius 3 is 1.38 bits per heavy atom. The maximum Gasteiger partial charge on any atom is 0.308 e. The Morgan fingerprint density at radius 2 is 0.906 bits per heavy atom. The molecule has 0 fully saturated rings. The van der Waals surface area contributed by atoms with Crippen LogP contribution in [0.5, 0.6) is 0 Å². The number of esters is 1. The number of ether oxygens (including phenoxy) is 1. The molecular weight excluding hydrogens is 392 g/mol. The van der Waals surface area contributed by atoms with Crippen LogP contribution in [0.15, 0.2) is 0 Å². The maximum atomic E-state index is 12.4. The largest absolute Gasteiger partial charge is 0.465 e. The lowest BCUT2D eigenvalue weighted by atomic mass is 9.95. The summed E-state index contributed by atoms with van der Waals surface area (Å²) in [6, 6.07) is 0. The van der Waals surface area contributed by atoms with Crippen LogP contribution in [-0.4, -0.2) is 12.6 Å². The summed E-state index contributed by atoms with van der Waals surface area (Å²) in [5.74, 6) is 0.672. The van der Waals surface area contributed by atoms with Crippen LogP contribution in [0, 0.1) is 11.8 Å². The molecular formula is C30H60O2. The second-order valence-corrected chi connectivity index (χ2v) is 10.4. The molecule has 0 bridgehead atoms. The molecule has 0 heterocycles. The number of carbonyl (C=O) groups is 1. The summed E-state index contributed by atoms with van der Waals surface area (Å²) in [5, 5.41) is 0. The number of rotatable bonds is 25. The van der Waals surface area contributed by atoms with Crippen molar-refractivity contribution in [1.29, 1.82) is 0 Å². The van der Waals surface area contributed by atoms with Crippen molar-refractivity contribution in [3.63, 3.8) is 0 Å². The van der Waals surface area contributed by atoms with E-state index >= 15 is 0 Å². The van der Waals surface area contributed by atoms with E-state index in [0.29, 0.717) is 12.5 Å². The van der Waals surface area contributed by atoms with Gasteiger partial charge in [-0.1, -0.05) is 150 Å². The Labute approximate surface area is 203 Å². The summed E-state index contributed by atoms with van der Waals surface area (Å²) in [4.78, 5) is 12.4. The average Bonchev–Trinajstić information content (AvgIpc) is 2.80. The highest BCUT2D eigenvalue weighted by Gasteiger charge is 2.17. The minimum atomic E-state index is 0.0386. The fraction of sp³-hybridized carbons (Fsp3) is 0.967. The van der Waals surface area contributed by atoms with E-state index in [2.05, 4.69) is 27.7 Å². The summed E-state index contributed by atoms with van der Waals surface area (Å²) < 4.78 is 5.76. The molecule has 2 heteroatoms. The molecule has 0 N–H and O–H groups in total. The molecule has 0 aromatic rings. The Hall–Kier alpha value is -0.530. The molecule has 0 spiro atoms. The fourth-order valence-electron chi connectivity index (χ4n) is 4.59. The predicted molar refractivity (Wildman–Crippen MR) is 142 cm³/mol. The zero-order valence-electron chi connectivity index (χ0n) is 22.7. The molecule has 0 radical (unpaired) electrons. The number of carbonyl (C=O) groups excluding carboxylic acids is 1. The summed E-state index contributed by atoms with van der Waals surface area (Å²) in [6.07, 6.45) is 29.0. The van der Waals surface area contributed by atoms with Gasteiger partial charge in [0.25, 0.3) is 0 Å². The van der Waals surface area contributed by atoms with E-state index in [1.807, 2.05) is 0 Å². The van der Waals surface area contributed by atoms with Crippen molar-refractivity contribution in [2.45, 2.75) is 169 Å². The van der Waals surface area contributed by atoms with Gasteiger partial charge in [0.2, 0.25) is 0 Å². The van der Waals surface area contributed by atoms with Crippen LogP contribution in [-0.2, 0) is 9.53 Å². The zero-order valence-corrected chi connectivity index (χ0v) is 22.7. The van der Waals surface area contributed by atoms with Gasteiger partial charge in [-0.2, -0.15) is 0 Å². The van der Waals surface area contributed by atoms with Crippen molar-refractivity contribution in [3.8, 4) is 0 Å². The highest BCUT2D eigenvalue weighted by molar-refractivity contribution is 5.71. The molecule has 0 aliphatic heterocycles. The topological polar surface area (TPSA) is 26.3 Å². The lowest BCUT2D eigenvalue weighted by Crippen LogP contribution is -2.19. The number of unbranched alkanes of at least 4 members (excludes halogenated alkanes) is 16. The van der Waals surface area contributed by atoms with Crippen LogP contribution in [0.1, 0.15) is 169 Å². The quantitative estimate of drug-likeness (QED) is 0.102. The Bertz CT molecular complexity index is 379. The standard InChI is InChI=1S/C30H60O2/c1-5-8-11-13-14-15-16-17-18-19-21-23-26-29(25-10-7-3)27-32-30(31)28(4)24-22-20-12-9-6-2/h28-29H,5-27H2,1-4H3. The third-order valence-electron chi connectivity index (χ3n) is 7.04. The molecule has 0 aromatic heterocycles. The second-order valence-electron chi connectivity index (χ2n) is 10.4. The lowest BCUT2D eigenvalue weighted by molar-refractivity contribution is -0.149. The molecule has 0 amide bonds. The Kier molecular flexibility index (Phi) is 24.7. The molecule has 0 aliphatic carbocycles. The van der Waals surface area contributed by atoms with Gasteiger partial charge in [-0.25, -0.2) is 0 Å². The summed E-state index contributed by atoms with van der Waals surface area (Å²) in [5.41, 5.74) is 0. The van der Waals surface area contributed by atoms with E-state index in [0.717, 1.165) is 12.8 Å². The first-order valence-corrected chi connectivity index (χ1v) is 14.8. The third-order valence-corrected chi connectivity index (χ3v) is 7.04. The Morgan fingerprint density at radius 1 is 0.531 bits per heavy atom. The van der Waals surface area contributed by atoms with Crippen molar-refractivity contribution >= 4 is 5.97 Å². The van der Waals surface area contributed by atoms with Gasteiger partial charge in [-0.05, 0) is 25.2 Å². The molecule has 0 saturated heterocycles. The van der Waals surface area contributed by atoms with Gasteiger partial charge in [-0.3, -0.25) is 4.79 Å². The minimum absolute atomic E-state index is 0.0386. The predicted octanol–water partition coefficient (Wildman–Crippen LogP) is 10.4.